The molecule has 7 heteroatoms. The molecule has 0 N–H and O–H groups in total. The van der Waals surface area contributed by atoms with Crippen LogP contribution in [-0.4, -0.2) is 21.3 Å². The van der Waals surface area contributed by atoms with Crippen molar-refractivity contribution in [3.05, 3.63) is 62.3 Å². The zero-order valence-corrected chi connectivity index (χ0v) is 16.4. The lowest BCUT2D eigenvalue weighted by atomic mass is 10.0. The van der Waals surface area contributed by atoms with Gasteiger partial charge in [0.15, 0.2) is 21.4 Å². The molecule has 0 radical (unpaired) electrons. The topological polar surface area (TPSA) is 43.4 Å². The normalized spacial score (nSPS) is 11.5. The summed E-state index contributed by atoms with van der Waals surface area (Å²) in [5.41, 5.74) is 2.36. The summed E-state index contributed by atoms with van der Waals surface area (Å²) in [4.78, 5) is 0. The molecule has 0 aromatic heterocycles. The van der Waals surface area contributed by atoms with Crippen LogP contribution in [0.25, 0.3) is 0 Å². The fourth-order valence-corrected chi connectivity index (χ4v) is 3.92. The van der Waals surface area contributed by atoms with Gasteiger partial charge in [0.25, 0.3) is 0 Å². The standard InChI is InChI=1S/C17H17BrClFO3S/c1-3-24(21,22)10-11-4-5-12(14(18)6-11)7-13-8-17(23-2)16(20)9-15(13)19/h4-6,8-9H,3,7,10H2,1-2H3. The highest BCUT2D eigenvalue weighted by Crippen LogP contribution is 2.30. The second kappa shape index (κ2) is 7.85. The molecule has 2 aromatic carbocycles. The van der Waals surface area contributed by atoms with Crippen LogP contribution in [0.15, 0.2) is 34.8 Å². The van der Waals surface area contributed by atoms with Gasteiger partial charge in [-0.3, -0.25) is 0 Å². The number of methoxy groups -OCH3 is 1. The van der Waals surface area contributed by atoms with Crippen LogP contribution in [0.1, 0.15) is 23.6 Å². The highest BCUT2D eigenvalue weighted by atomic mass is 79.9. The Morgan fingerprint density at radius 1 is 1.21 bits per heavy atom. The predicted octanol–water partition coefficient (Wildman–Crippen LogP) is 4.78. The largest absolute Gasteiger partial charge is 0.494 e. The molecule has 0 fully saturated rings. The van der Waals surface area contributed by atoms with Crippen molar-refractivity contribution in [2.75, 3.05) is 12.9 Å². The monoisotopic (exact) mass is 434 g/mol. The highest BCUT2D eigenvalue weighted by Gasteiger charge is 2.13. The van der Waals surface area contributed by atoms with Gasteiger partial charge >= 0.3 is 0 Å². The third-order valence-corrected chi connectivity index (χ3v) is 6.39. The van der Waals surface area contributed by atoms with Crippen molar-refractivity contribution in [1.29, 1.82) is 0 Å². The molecule has 0 spiro atoms. The van der Waals surface area contributed by atoms with E-state index in [-0.39, 0.29) is 17.3 Å². The van der Waals surface area contributed by atoms with Crippen LogP contribution in [0.2, 0.25) is 5.02 Å². The van der Waals surface area contributed by atoms with Gasteiger partial charge in [0.1, 0.15) is 0 Å². The van der Waals surface area contributed by atoms with E-state index < -0.39 is 15.7 Å². The van der Waals surface area contributed by atoms with Gasteiger partial charge in [-0.1, -0.05) is 46.6 Å². The minimum absolute atomic E-state index is 0.00745. The predicted molar refractivity (Wildman–Crippen MR) is 98.1 cm³/mol. The zero-order valence-electron chi connectivity index (χ0n) is 13.3. The number of hydrogen-bond acceptors (Lipinski definition) is 3. The molecule has 0 bridgehead atoms. The van der Waals surface area contributed by atoms with E-state index >= 15 is 0 Å². The minimum Gasteiger partial charge on any atom is -0.494 e. The summed E-state index contributed by atoms with van der Waals surface area (Å²) >= 11 is 9.57. The van der Waals surface area contributed by atoms with Crippen LogP contribution in [0, 0.1) is 5.82 Å². The molecular formula is C17H17BrClFO3S. The Morgan fingerprint density at radius 2 is 1.92 bits per heavy atom. The fourth-order valence-electron chi connectivity index (χ4n) is 2.25. The van der Waals surface area contributed by atoms with Gasteiger partial charge in [-0.05, 0) is 34.9 Å². The first-order chi connectivity index (χ1) is 11.3. The number of hydrogen-bond donors (Lipinski definition) is 0. The van der Waals surface area contributed by atoms with Gasteiger partial charge in [0.2, 0.25) is 0 Å². The molecule has 2 rings (SSSR count). The van der Waals surface area contributed by atoms with Crippen molar-refractivity contribution in [2.45, 2.75) is 19.1 Å². The Bertz CT molecular complexity index is 853. The number of halogens is 3. The molecule has 0 amide bonds. The van der Waals surface area contributed by atoms with E-state index in [1.54, 1.807) is 25.1 Å². The van der Waals surface area contributed by atoms with Crippen molar-refractivity contribution in [1.82, 2.24) is 0 Å². The first kappa shape index (κ1) is 19.2. The number of sulfone groups is 1. The first-order valence-corrected chi connectivity index (χ1v) is 10.2. The number of benzene rings is 2. The Morgan fingerprint density at radius 3 is 2.50 bits per heavy atom. The first-order valence-electron chi connectivity index (χ1n) is 7.25. The zero-order chi connectivity index (χ0) is 17.9. The second-order valence-corrected chi connectivity index (χ2v) is 8.97. The maximum Gasteiger partial charge on any atom is 0.166 e. The highest BCUT2D eigenvalue weighted by molar-refractivity contribution is 9.10. The Kier molecular flexibility index (Phi) is 6.28. The van der Waals surface area contributed by atoms with Crippen molar-refractivity contribution < 1.29 is 17.5 Å². The summed E-state index contributed by atoms with van der Waals surface area (Å²) in [6, 6.07) is 8.21. The van der Waals surface area contributed by atoms with Crippen LogP contribution in [0.3, 0.4) is 0 Å². The molecular weight excluding hydrogens is 419 g/mol. The van der Waals surface area contributed by atoms with E-state index in [9.17, 15) is 12.8 Å². The molecule has 3 nitrogen and oxygen atoms in total. The third kappa shape index (κ3) is 4.71. The molecule has 0 atom stereocenters. The van der Waals surface area contributed by atoms with Gasteiger partial charge in [-0.25, -0.2) is 12.8 Å². The molecule has 130 valence electrons. The minimum atomic E-state index is -3.08. The van der Waals surface area contributed by atoms with Crippen LogP contribution in [0.4, 0.5) is 4.39 Å². The summed E-state index contributed by atoms with van der Waals surface area (Å²) in [5, 5.41) is 0.317. The van der Waals surface area contributed by atoms with Gasteiger partial charge < -0.3 is 4.74 Å². The molecule has 0 saturated carbocycles. The summed E-state index contributed by atoms with van der Waals surface area (Å²) in [6.45, 7) is 1.63. The quantitative estimate of drug-likeness (QED) is 0.656. The molecule has 0 saturated heterocycles. The van der Waals surface area contributed by atoms with E-state index in [2.05, 4.69) is 15.9 Å². The molecule has 0 aliphatic rings. The SMILES string of the molecule is CCS(=O)(=O)Cc1ccc(Cc2cc(OC)c(F)cc2Cl)c(Br)c1. The van der Waals surface area contributed by atoms with Crippen molar-refractivity contribution in [3.8, 4) is 5.75 Å². The van der Waals surface area contributed by atoms with E-state index in [0.29, 0.717) is 11.4 Å². The lowest BCUT2D eigenvalue weighted by Crippen LogP contribution is -2.06. The summed E-state index contributed by atoms with van der Waals surface area (Å²) in [5.74, 6) is -0.258. The van der Waals surface area contributed by atoms with Gasteiger partial charge in [-0.2, -0.15) is 0 Å². The van der Waals surface area contributed by atoms with Crippen molar-refractivity contribution >= 4 is 37.4 Å². The number of rotatable bonds is 6. The smallest absolute Gasteiger partial charge is 0.166 e. The van der Waals surface area contributed by atoms with Crippen LogP contribution < -0.4 is 4.74 Å². The van der Waals surface area contributed by atoms with Gasteiger partial charge in [0, 0.05) is 21.7 Å². The lowest BCUT2D eigenvalue weighted by molar-refractivity contribution is 0.386. The molecule has 2 aromatic rings. The Hall–Kier alpha value is -1.11. The molecule has 0 heterocycles. The summed E-state index contributed by atoms with van der Waals surface area (Å²) in [7, 11) is -1.68. The van der Waals surface area contributed by atoms with Gasteiger partial charge in [-0.15, -0.1) is 0 Å². The molecule has 0 aliphatic heterocycles. The third-order valence-electron chi connectivity index (χ3n) is 3.65. The van der Waals surface area contributed by atoms with Crippen molar-refractivity contribution in [3.63, 3.8) is 0 Å². The average molecular weight is 436 g/mol. The van der Waals surface area contributed by atoms with Crippen LogP contribution >= 0.6 is 27.5 Å². The summed E-state index contributed by atoms with van der Waals surface area (Å²) < 4.78 is 42.8. The van der Waals surface area contributed by atoms with Crippen LogP contribution in [-0.2, 0) is 22.0 Å². The van der Waals surface area contributed by atoms with E-state index in [1.165, 1.54) is 13.2 Å². The molecule has 0 aliphatic carbocycles. The van der Waals surface area contributed by atoms with Crippen molar-refractivity contribution in [2.24, 2.45) is 0 Å². The maximum absolute atomic E-state index is 13.6. The number of ether oxygens (including phenoxy) is 1. The van der Waals surface area contributed by atoms with Crippen LogP contribution in [0.5, 0.6) is 5.75 Å². The molecule has 24 heavy (non-hydrogen) atoms. The second-order valence-electron chi connectivity index (χ2n) is 5.36. The average Bonchev–Trinajstić information content (AvgIpc) is 2.52. The van der Waals surface area contributed by atoms with Gasteiger partial charge in [0.05, 0.1) is 12.9 Å². The van der Waals surface area contributed by atoms with E-state index in [4.69, 9.17) is 16.3 Å². The van der Waals surface area contributed by atoms with E-state index in [0.717, 1.165) is 21.2 Å². The Balaban J connectivity index is 2.28. The summed E-state index contributed by atoms with van der Waals surface area (Å²) in [6.07, 6.45) is 0.469. The lowest BCUT2D eigenvalue weighted by Gasteiger charge is -2.11. The maximum atomic E-state index is 13.6. The fraction of sp³-hybridized carbons (Fsp3) is 0.294. The Labute approximate surface area is 154 Å². The van der Waals surface area contributed by atoms with E-state index in [1.807, 2.05) is 6.07 Å². The molecule has 0 unspecified atom stereocenters.